The van der Waals surface area contributed by atoms with Gasteiger partial charge in [0.1, 0.15) is 18.1 Å². The molecular weight excluding hydrogens is 474 g/mol. The fourth-order valence-corrected chi connectivity index (χ4v) is 4.87. The summed E-state index contributed by atoms with van der Waals surface area (Å²) >= 11 is 1.55. The molecule has 12 heteroatoms. The van der Waals surface area contributed by atoms with Crippen molar-refractivity contribution in [2.24, 2.45) is 5.92 Å². The number of nitrogens with zero attached hydrogens (tertiary/aromatic N) is 1. The van der Waals surface area contributed by atoms with E-state index in [2.05, 4.69) is 21.3 Å². The Bertz CT molecular complexity index is 774. The van der Waals surface area contributed by atoms with E-state index in [1.54, 1.807) is 11.8 Å². The minimum atomic E-state index is -1.05. The van der Waals surface area contributed by atoms with Gasteiger partial charge in [-0.3, -0.25) is 19.2 Å². The summed E-state index contributed by atoms with van der Waals surface area (Å²) in [5, 5.41) is 20.5. The lowest BCUT2D eigenvalue weighted by Crippen LogP contribution is -2.55. The highest BCUT2D eigenvalue weighted by molar-refractivity contribution is 7.98. The van der Waals surface area contributed by atoms with Gasteiger partial charge in [0.2, 0.25) is 23.6 Å². The number of carboxylic acid groups (broad SMARTS) is 1. The molecule has 0 unspecified atom stereocenters. The Hall–Kier alpha value is -2.34. The molecule has 0 aromatic carbocycles. The van der Waals surface area contributed by atoms with Gasteiger partial charge in [-0.2, -0.15) is 11.8 Å². The third-order valence-corrected chi connectivity index (χ3v) is 6.85. The van der Waals surface area contributed by atoms with Crippen molar-refractivity contribution in [3.63, 3.8) is 0 Å². The summed E-state index contributed by atoms with van der Waals surface area (Å²) in [5.41, 5.74) is 0. The molecule has 0 aromatic heterocycles. The van der Waals surface area contributed by atoms with Crippen molar-refractivity contribution in [1.29, 1.82) is 0 Å². The highest BCUT2D eigenvalue weighted by Crippen LogP contribution is 2.20. The molecule has 0 aromatic rings. The first-order chi connectivity index (χ1) is 16.6. The Morgan fingerprint density at radius 1 is 1.09 bits per heavy atom. The number of carboxylic acids is 1. The van der Waals surface area contributed by atoms with Crippen LogP contribution in [0.5, 0.6) is 0 Å². The van der Waals surface area contributed by atoms with Crippen LogP contribution < -0.4 is 21.3 Å². The number of thioether (sulfide) groups is 1. The van der Waals surface area contributed by atoms with Crippen LogP contribution in [-0.4, -0.2) is 95.4 Å². The quantitative estimate of drug-likeness (QED) is 0.225. The topological polar surface area (TPSA) is 157 Å². The number of hydrogen-bond acceptors (Lipinski definition) is 7. The lowest BCUT2D eigenvalue weighted by molar-refractivity contribution is -0.149. The van der Waals surface area contributed by atoms with E-state index in [0.29, 0.717) is 38.0 Å². The van der Waals surface area contributed by atoms with Crippen LogP contribution in [0.2, 0.25) is 0 Å². The molecule has 2 fully saturated rings. The highest BCUT2D eigenvalue weighted by Gasteiger charge is 2.37. The van der Waals surface area contributed by atoms with Crippen LogP contribution in [0.4, 0.5) is 0 Å². The molecule has 4 atom stereocenters. The first-order valence-corrected chi connectivity index (χ1v) is 13.7. The van der Waals surface area contributed by atoms with Crippen LogP contribution >= 0.6 is 11.8 Å². The normalized spacial score (nSPS) is 21.4. The summed E-state index contributed by atoms with van der Waals surface area (Å²) in [6.45, 7) is 4.57. The van der Waals surface area contributed by atoms with Crippen molar-refractivity contribution in [3.8, 4) is 0 Å². The van der Waals surface area contributed by atoms with Gasteiger partial charge in [0.25, 0.3) is 0 Å². The van der Waals surface area contributed by atoms with Gasteiger partial charge in [0.05, 0.1) is 12.6 Å². The summed E-state index contributed by atoms with van der Waals surface area (Å²) < 4.78 is 0. The molecule has 2 rings (SSSR count). The third kappa shape index (κ3) is 8.99. The zero-order chi connectivity index (χ0) is 26.0. The van der Waals surface area contributed by atoms with Gasteiger partial charge in [0, 0.05) is 6.54 Å². The first-order valence-electron chi connectivity index (χ1n) is 12.3. The summed E-state index contributed by atoms with van der Waals surface area (Å²) in [7, 11) is 0. The molecule has 2 aliphatic rings. The van der Waals surface area contributed by atoms with Gasteiger partial charge in [0.15, 0.2) is 0 Å². The fourth-order valence-electron chi connectivity index (χ4n) is 4.40. The lowest BCUT2D eigenvalue weighted by Gasteiger charge is -2.28. The van der Waals surface area contributed by atoms with Crippen LogP contribution in [0.25, 0.3) is 0 Å². The Labute approximate surface area is 210 Å². The zero-order valence-electron chi connectivity index (χ0n) is 20.8. The van der Waals surface area contributed by atoms with E-state index in [1.807, 2.05) is 20.1 Å². The van der Waals surface area contributed by atoms with Gasteiger partial charge in [-0.15, -0.1) is 0 Å². The Morgan fingerprint density at radius 3 is 2.43 bits per heavy atom. The summed E-state index contributed by atoms with van der Waals surface area (Å²) in [6.07, 6.45) is 5.29. The van der Waals surface area contributed by atoms with E-state index in [0.717, 1.165) is 19.4 Å². The second kappa shape index (κ2) is 14.3. The van der Waals surface area contributed by atoms with Crippen LogP contribution in [0.15, 0.2) is 0 Å². The van der Waals surface area contributed by atoms with Gasteiger partial charge < -0.3 is 31.3 Å². The summed E-state index contributed by atoms with van der Waals surface area (Å²) in [5.74, 6) is -1.96. The minimum absolute atomic E-state index is 0.0834. The zero-order valence-corrected chi connectivity index (χ0v) is 21.6. The molecular formula is C23H39N5O6S. The van der Waals surface area contributed by atoms with E-state index in [4.69, 9.17) is 0 Å². The van der Waals surface area contributed by atoms with Gasteiger partial charge >= 0.3 is 5.97 Å². The average molecular weight is 514 g/mol. The maximum absolute atomic E-state index is 13.0. The number of likely N-dealkylation sites (tertiary alicyclic amines) is 1. The van der Waals surface area contributed by atoms with Crippen molar-refractivity contribution in [2.75, 3.05) is 31.6 Å². The molecule has 2 heterocycles. The van der Waals surface area contributed by atoms with Crippen molar-refractivity contribution < 1.29 is 29.1 Å². The Morgan fingerprint density at radius 2 is 1.83 bits per heavy atom. The van der Waals surface area contributed by atoms with Crippen LogP contribution in [0, 0.1) is 5.92 Å². The number of carbonyl (C=O) groups excluding carboxylic acids is 4. The minimum Gasteiger partial charge on any atom is -0.480 e. The lowest BCUT2D eigenvalue weighted by atomic mass is 10.0. The van der Waals surface area contributed by atoms with E-state index >= 15 is 0 Å². The third-order valence-electron chi connectivity index (χ3n) is 6.20. The first kappa shape index (κ1) is 28.9. The predicted octanol–water partition coefficient (Wildman–Crippen LogP) is -0.301. The number of hydrogen-bond donors (Lipinski definition) is 5. The van der Waals surface area contributed by atoms with E-state index < -0.39 is 41.8 Å². The van der Waals surface area contributed by atoms with E-state index in [1.165, 1.54) is 4.90 Å². The number of amides is 4. The van der Waals surface area contributed by atoms with Gasteiger partial charge in [-0.1, -0.05) is 13.8 Å². The molecule has 0 bridgehead atoms. The second-order valence-corrected chi connectivity index (χ2v) is 10.5. The van der Waals surface area contributed by atoms with E-state index in [9.17, 15) is 29.1 Å². The maximum Gasteiger partial charge on any atom is 0.326 e. The predicted molar refractivity (Wildman–Crippen MR) is 133 cm³/mol. The van der Waals surface area contributed by atoms with Crippen LogP contribution in [0.3, 0.4) is 0 Å². The smallest absolute Gasteiger partial charge is 0.326 e. The summed E-state index contributed by atoms with van der Waals surface area (Å²) in [4.78, 5) is 63.7. The van der Waals surface area contributed by atoms with Crippen molar-refractivity contribution >= 4 is 41.4 Å². The number of nitrogens with one attached hydrogen (secondary N) is 4. The maximum atomic E-state index is 13.0. The molecule has 0 saturated carbocycles. The molecule has 11 nitrogen and oxygen atoms in total. The molecule has 0 spiro atoms. The molecule has 0 aliphatic carbocycles. The molecule has 198 valence electrons. The fraction of sp³-hybridized carbons (Fsp3) is 0.783. The number of aliphatic carboxylic acids is 1. The van der Waals surface area contributed by atoms with Crippen molar-refractivity contribution in [3.05, 3.63) is 0 Å². The highest BCUT2D eigenvalue weighted by atomic mass is 32.2. The molecule has 0 radical (unpaired) electrons. The molecule has 35 heavy (non-hydrogen) atoms. The second-order valence-electron chi connectivity index (χ2n) is 9.49. The SMILES string of the molecule is CSCC[C@H](NC(=O)[C@@H]1CCCN1)C(=O)NCC(=O)N[C@@H](CC(C)C)C(=O)N1CCC[C@H]1C(=O)O. The summed E-state index contributed by atoms with van der Waals surface area (Å²) in [6, 6.07) is -2.84. The number of rotatable bonds is 13. The Kier molecular flexibility index (Phi) is 11.8. The monoisotopic (exact) mass is 513 g/mol. The van der Waals surface area contributed by atoms with Crippen molar-refractivity contribution in [1.82, 2.24) is 26.2 Å². The molecule has 4 amide bonds. The van der Waals surface area contributed by atoms with E-state index in [-0.39, 0.29) is 24.4 Å². The van der Waals surface area contributed by atoms with Crippen LogP contribution in [0.1, 0.15) is 52.4 Å². The average Bonchev–Trinajstić information content (AvgIpc) is 3.51. The van der Waals surface area contributed by atoms with Crippen molar-refractivity contribution in [2.45, 2.75) is 76.5 Å². The number of carbonyl (C=O) groups is 5. The standard InChI is InChI=1S/C23H39N5O6S/c1-14(2)12-17(22(32)28-10-5-7-18(28)23(33)34)26-19(29)13-25-20(30)16(8-11-35-3)27-21(31)15-6-4-9-24-15/h14-18,24H,4-13H2,1-3H3,(H,25,30)(H,26,29)(H,27,31)(H,33,34)/t15-,16-,17-,18-/m0/s1. The Balaban J connectivity index is 1.94. The van der Waals surface area contributed by atoms with Gasteiger partial charge in [-0.05, 0) is 63.0 Å². The molecule has 5 N–H and O–H groups in total. The van der Waals surface area contributed by atoms with Gasteiger partial charge in [-0.25, -0.2) is 4.79 Å². The largest absolute Gasteiger partial charge is 0.480 e. The van der Waals surface area contributed by atoms with Crippen LogP contribution in [-0.2, 0) is 24.0 Å². The molecule has 2 aliphatic heterocycles. The molecule has 2 saturated heterocycles.